The number of rotatable bonds is 3. The third-order valence-electron chi connectivity index (χ3n) is 4.19. The number of methoxy groups -OCH3 is 1. The van der Waals surface area contributed by atoms with E-state index >= 15 is 0 Å². The minimum absolute atomic E-state index is 0.308. The lowest BCUT2D eigenvalue weighted by atomic mass is 9.96. The summed E-state index contributed by atoms with van der Waals surface area (Å²) in [5.74, 6) is 0.885. The van der Waals surface area contributed by atoms with Crippen molar-refractivity contribution in [1.82, 2.24) is 0 Å². The van der Waals surface area contributed by atoms with E-state index in [1.165, 1.54) is 26.6 Å². The Morgan fingerprint density at radius 3 is 2.62 bits per heavy atom. The lowest BCUT2D eigenvalue weighted by Gasteiger charge is -2.35. The van der Waals surface area contributed by atoms with Crippen LogP contribution >= 0.6 is 39.2 Å². The highest BCUT2D eigenvalue weighted by Crippen LogP contribution is 2.53. The second kappa shape index (κ2) is 6.47. The van der Waals surface area contributed by atoms with Gasteiger partial charge in [0.05, 0.1) is 27.5 Å². The normalized spacial score (nSPS) is 15.8. The highest BCUT2D eigenvalue weighted by molar-refractivity contribution is 9.11. The van der Waals surface area contributed by atoms with E-state index in [0.717, 1.165) is 9.54 Å². The average molecular weight is 418 g/mol. The van der Waals surface area contributed by atoms with E-state index in [1.54, 1.807) is 30.4 Å². The van der Waals surface area contributed by atoms with E-state index in [-0.39, 0.29) is 0 Å². The Balaban J connectivity index is 1.75. The van der Waals surface area contributed by atoms with E-state index in [1.807, 2.05) is 12.1 Å². The number of fused-ring (bicyclic) bond motifs is 3. The zero-order chi connectivity index (χ0) is 16.7. The molecule has 2 aromatic carbocycles. The summed E-state index contributed by atoms with van der Waals surface area (Å²) in [4.78, 5) is 2.53. The number of hydrogen-bond acceptors (Lipinski definition) is 4. The summed E-state index contributed by atoms with van der Waals surface area (Å²) in [6, 6.07) is 19.5. The fourth-order valence-corrected chi connectivity index (χ4v) is 5.67. The van der Waals surface area contributed by atoms with Gasteiger partial charge in [-0.25, -0.2) is 0 Å². The molecule has 1 aromatic heterocycles. The summed E-state index contributed by atoms with van der Waals surface area (Å²) in [6.45, 7) is 2.27. The summed E-state index contributed by atoms with van der Waals surface area (Å²) in [5, 5.41) is 0. The minimum Gasteiger partial charge on any atom is -0.497 e. The molecule has 5 heteroatoms. The van der Waals surface area contributed by atoms with Gasteiger partial charge in [0.1, 0.15) is 5.75 Å². The van der Waals surface area contributed by atoms with Crippen molar-refractivity contribution in [3.63, 3.8) is 0 Å². The Kier molecular flexibility index (Phi) is 4.33. The maximum Gasteiger partial charge on any atom is 0.118 e. The number of hydrogen-bond donors (Lipinski definition) is 0. The van der Waals surface area contributed by atoms with Crippen LogP contribution in [0, 0.1) is 0 Å². The van der Waals surface area contributed by atoms with E-state index in [4.69, 9.17) is 4.74 Å². The molecule has 1 unspecified atom stereocenters. The van der Waals surface area contributed by atoms with Crippen molar-refractivity contribution in [3.05, 3.63) is 63.9 Å². The summed E-state index contributed by atoms with van der Waals surface area (Å²) in [7, 11) is 1.70. The molecule has 24 heavy (non-hydrogen) atoms. The quantitative estimate of drug-likeness (QED) is 0.436. The lowest BCUT2D eigenvalue weighted by Crippen LogP contribution is -2.22. The smallest absolute Gasteiger partial charge is 0.118 e. The van der Waals surface area contributed by atoms with Crippen molar-refractivity contribution < 1.29 is 4.74 Å². The molecule has 3 aromatic rings. The van der Waals surface area contributed by atoms with Gasteiger partial charge in [0.2, 0.25) is 0 Å². The molecule has 1 atom stereocenters. The Morgan fingerprint density at radius 1 is 1.12 bits per heavy atom. The molecule has 0 spiro atoms. The van der Waals surface area contributed by atoms with Gasteiger partial charge in [-0.2, -0.15) is 0 Å². The molecule has 1 aliphatic heterocycles. The number of halogens is 1. The van der Waals surface area contributed by atoms with Crippen molar-refractivity contribution in [2.75, 3.05) is 11.4 Å². The van der Waals surface area contributed by atoms with Gasteiger partial charge in [0, 0.05) is 4.90 Å². The van der Waals surface area contributed by atoms with Crippen LogP contribution in [0.5, 0.6) is 5.75 Å². The maximum absolute atomic E-state index is 5.26. The van der Waals surface area contributed by atoms with Crippen LogP contribution in [0.1, 0.15) is 18.5 Å². The SMILES string of the molecule is COc1ccc(SN2c3cc(Br)sc3-c3ccccc3C2C)cc1. The van der Waals surface area contributed by atoms with Gasteiger partial charge < -0.3 is 9.04 Å². The largest absolute Gasteiger partial charge is 0.497 e. The molecule has 0 radical (unpaired) electrons. The van der Waals surface area contributed by atoms with Crippen LogP contribution in [0.15, 0.2) is 63.3 Å². The monoisotopic (exact) mass is 417 g/mol. The molecule has 0 N–H and O–H groups in total. The number of benzene rings is 2. The van der Waals surface area contributed by atoms with Crippen LogP contribution in [0.3, 0.4) is 0 Å². The lowest BCUT2D eigenvalue weighted by molar-refractivity contribution is 0.414. The summed E-state index contributed by atoms with van der Waals surface area (Å²) >= 11 is 7.23. The first-order chi connectivity index (χ1) is 11.7. The second-order valence-corrected chi connectivity index (χ2v) is 9.10. The standard InChI is InChI=1S/C19H16BrNOS2/c1-12-15-5-3-4-6-16(15)19-17(11-18(20)23-19)21(12)24-14-9-7-13(22-2)8-10-14/h3-12H,1-2H3. The predicted octanol–water partition coefficient (Wildman–Crippen LogP) is 6.77. The summed E-state index contributed by atoms with van der Waals surface area (Å²) in [5.41, 5.74) is 4.00. The first kappa shape index (κ1) is 16.1. The predicted molar refractivity (Wildman–Crippen MR) is 107 cm³/mol. The van der Waals surface area contributed by atoms with Crippen LogP contribution in [-0.2, 0) is 0 Å². The van der Waals surface area contributed by atoms with Gasteiger partial charge in [-0.1, -0.05) is 24.3 Å². The number of nitrogens with zero attached hydrogens (tertiary/aromatic N) is 1. The first-order valence-corrected chi connectivity index (χ1v) is 10.1. The maximum atomic E-state index is 5.26. The third kappa shape index (κ3) is 2.75. The topological polar surface area (TPSA) is 12.5 Å². The van der Waals surface area contributed by atoms with Crippen LogP contribution in [0.25, 0.3) is 10.4 Å². The molecular weight excluding hydrogens is 402 g/mol. The van der Waals surface area contributed by atoms with Crippen molar-refractivity contribution >= 4 is 44.9 Å². The van der Waals surface area contributed by atoms with E-state index in [9.17, 15) is 0 Å². The highest BCUT2D eigenvalue weighted by atomic mass is 79.9. The van der Waals surface area contributed by atoms with Crippen LogP contribution in [0.2, 0.25) is 0 Å². The Bertz CT molecular complexity index is 875. The minimum atomic E-state index is 0.308. The second-order valence-electron chi connectivity index (χ2n) is 5.62. The summed E-state index contributed by atoms with van der Waals surface area (Å²) < 4.78 is 8.83. The molecule has 0 bridgehead atoms. The van der Waals surface area contributed by atoms with Gasteiger partial charge in [-0.15, -0.1) is 11.3 Å². The van der Waals surface area contributed by atoms with Crippen molar-refractivity contribution in [1.29, 1.82) is 0 Å². The number of thiophene rings is 1. The van der Waals surface area contributed by atoms with E-state index in [0.29, 0.717) is 6.04 Å². The van der Waals surface area contributed by atoms with Gasteiger partial charge >= 0.3 is 0 Å². The zero-order valence-corrected chi connectivity index (χ0v) is 16.5. The summed E-state index contributed by atoms with van der Waals surface area (Å²) in [6.07, 6.45) is 0. The fourth-order valence-electron chi connectivity index (χ4n) is 2.99. The van der Waals surface area contributed by atoms with Gasteiger partial charge in [0.25, 0.3) is 0 Å². The molecule has 0 fully saturated rings. The van der Waals surface area contributed by atoms with Crippen molar-refractivity contribution in [2.45, 2.75) is 17.9 Å². The van der Waals surface area contributed by atoms with Crippen LogP contribution < -0.4 is 9.04 Å². The van der Waals surface area contributed by atoms with E-state index in [2.05, 4.69) is 69.6 Å². The van der Waals surface area contributed by atoms with Crippen LogP contribution in [0.4, 0.5) is 5.69 Å². The van der Waals surface area contributed by atoms with Gasteiger partial charge in [-0.05, 0) is 76.3 Å². The molecule has 0 saturated heterocycles. The first-order valence-electron chi connectivity index (χ1n) is 7.67. The molecular formula is C19H16BrNOS2. The van der Waals surface area contributed by atoms with Crippen molar-refractivity contribution in [2.24, 2.45) is 0 Å². The molecule has 1 aliphatic rings. The van der Waals surface area contributed by atoms with Gasteiger partial charge in [0.15, 0.2) is 0 Å². The number of anilines is 1. The Labute approximate surface area is 158 Å². The molecule has 122 valence electrons. The molecule has 0 saturated carbocycles. The highest BCUT2D eigenvalue weighted by Gasteiger charge is 2.30. The molecule has 2 nitrogen and oxygen atoms in total. The molecule has 0 amide bonds. The molecule has 0 aliphatic carbocycles. The van der Waals surface area contributed by atoms with Crippen LogP contribution in [-0.4, -0.2) is 7.11 Å². The molecule has 4 rings (SSSR count). The zero-order valence-electron chi connectivity index (χ0n) is 13.3. The number of ether oxygens (including phenoxy) is 1. The van der Waals surface area contributed by atoms with Crippen molar-refractivity contribution in [3.8, 4) is 16.2 Å². The van der Waals surface area contributed by atoms with E-state index < -0.39 is 0 Å². The Hall–Kier alpha value is -1.43. The fraction of sp³-hybridized carbons (Fsp3) is 0.158. The third-order valence-corrected chi connectivity index (χ3v) is 7.04. The average Bonchev–Trinajstić information content (AvgIpc) is 3.01. The molecule has 2 heterocycles. The van der Waals surface area contributed by atoms with Gasteiger partial charge in [-0.3, -0.25) is 0 Å². The Morgan fingerprint density at radius 2 is 1.88 bits per heavy atom.